The lowest BCUT2D eigenvalue weighted by molar-refractivity contribution is 0.139. The SMILES string of the molecule is N#Cc1ccnc(N2CCN(C(=O)N3N=CC[C@H]3c3cc(F)cc(F)c3)CC2)c1. The van der Waals surface area contributed by atoms with E-state index in [0.717, 1.165) is 6.07 Å². The standard InChI is InChI=1S/C20H18F2N6O/c21-16-10-15(11-17(22)12-16)18-2-4-25-28(18)20(29)27-7-5-26(6-8-27)19-9-14(13-23)1-3-24-19/h1,3-4,9-12,18H,2,5-8H2/t18-/m0/s1. The number of pyridine rings is 1. The number of anilines is 1. The number of nitrogens with zero attached hydrogens (tertiary/aromatic N) is 6. The predicted molar refractivity (Wildman–Crippen MR) is 102 cm³/mol. The van der Waals surface area contributed by atoms with Crippen molar-refractivity contribution in [3.05, 3.63) is 59.3 Å². The number of carbonyl (C=O) groups excluding carboxylic acids is 1. The topological polar surface area (TPSA) is 75.8 Å². The summed E-state index contributed by atoms with van der Waals surface area (Å²) in [7, 11) is 0. The summed E-state index contributed by atoms with van der Waals surface area (Å²) in [5.74, 6) is -0.663. The molecule has 1 aromatic heterocycles. The fraction of sp³-hybridized carbons (Fsp3) is 0.300. The molecule has 148 valence electrons. The summed E-state index contributed by atoms with van der Waals surface area (Å²) in [5, 5.41) is 14.5. The first-order valence-corrected chi connectivity index (χ1v) is 9.23. The number of rotatable bonds is 2. The molecule has 1 saturated heterocycles. The van der Waals surface area contributed by atoms with Crippen molar-refractivity contribution in [1.82, 2.24) is 14.9 Å². The molecule has 1 atom stereocenters. The summed E-state index contributed by atoms with van der Waals surface area (Å²) in [4.78, 5) is 20.9. The van der Waals surface area contributed by atoms with E-state index < -0.39 is 17.7 Å². The van der Waals surface area contributed by atoms with Crippen LogP contribution in [0.3, 0.4) is 0 Å². The molecule has 2 amide bonds. The molecule has 29 heavy (non-hydrogen) atoms. The summed E-state index contributed by atoms with van der Waals surface area (Å²) in [5.41, 5.74) is 0.912. The van der Waals surface area contributed by atoms with Gasteiger partial charge in [0.2, 0.25) is 0 Å². The van der Waals surface area contributed by atoms with Crippen molar-refractivity contribution in [2.45, 2.75) is 12.5 Å². The van der Waals surface area contributed by atoms with Crippen molar-refractivity contribution >= 4 is 18.1 Å². The Hall–Kier alpha value is -3.54. The largest absolute Gasteiger partial charge is 0.353 e. The smallest absolute Gasteiger partial charge is 0.341 e. The van der Waals surface area contributed by atoms with Gasteiger partial charge in [0.1, 0.15) is 17.5 Å². The van der Waals surface area contributed by atoms with Gasteiger partial charge in [0.05, 0.1) is 17.7 Å². The van der Waals surface area contributed by atoms with Crippen LogP contribution in [0.4, 0.5) is 19.4 Å². The molecule has 3 heterocycles. The molecule has 1 fully saturated rings. The van der Waals surface area contributed by atoms with E-state index in [9.17, 15) is 13.6 Å². The second kappa shape index (κ2) is 7.83. The number of hydrazone groups is 1. The number of carbonyl (C=O) groups is 1. The van der Waals surface area contributed by atoms with E-state index in [4.69, 9.17) is 5.26 Å². The highest BCUT2D eigenvalue weighted by Crippen LogP contribution is 2.30. The summed E-state index contributed by atoms with van der Waals surface area (Å²) >= 11 is 0. The van der Waals surface area contributed by atoms with Gasteiger partial charge in [0.15, 0.2) is 0 Å². The number of aromatic nitrogens is 1. The van der Waals surface area contributed by atoms with Crippen LogP contribution in [0.2, 0.25) is 0 Å². The molecule has 7 nitrogen and oxygen atoms in total. The molecule has 9 heteroatoms. The van der Waals surface area contributed by atoms with Gasteiger partial charge >= 0.3 is 6.03 Å². The van der Waals surface area contributed by atoms with Gasteiger partial charge in [-0.2, -0.15) is 10.4 Å². The van der Waals surface area contributed by atoms with Crippen molar-refractivity contribution in [3.63, 3.8) is 0 Å². The summed E-state index contributed by atoms with van der Waals surface area (Å²) < 4.78 is 27.2. The first-order chi connectivity index (χ1) is 14.0. The Kier molecular flexibility index (Phi) is 5.08. The summed E-state index contributed by atoms with van der Waals surface area (Å²) in [6, 6.07) is 7.89. The van der Waals surface area contributed by atoms with E-state index in [-0.39, 0.29) is 6.03 Å². The average molecular weight is 396 g/mol. The van der Waals surface area contributed by atoms with Crippen LogP contribution >= 0.6 is 0 Å². The number of hydrogen-bond donors (Lipinski definition) is 0. The third-order valence-corrected chi connectivity index (χ3v) is 5.04. The van der Waals surface area contributed by atoms with Crippen molar-refractivity contribution in [3.8, 4) is 6.07 Å². The van der Waals surface area contributed by atoms with E-state index >= 15 is 0 Å². The average Bonchev–Trinajstić information content (AvgIpc) is 3.23. The normalized spacial score (nSPS) is 18.8. The predicted octanol–water partition coefficient (Wildman–Crippen LogP) is 2.91. The third-order valence-electron chi connectivity index (χ3n) is 5.04. The maximum absolute atomic E-state index is 13.6. The minimum Gasteiger partial charge on any atom is -0.353 e. The maximum Gasteiger partial charge on any atom is 0.341 e. The lowest BCUT2D eigenvalue weighted by Gasteiger charge is -2.37. The zero-order valence-corrected chi connectivity index (χ0v) is 15.5. The monoisotopic (exact) mass is 396 g/mol. The van der Waals surface area contributed by atoms with Crippen LogP contribution in [0.15, 0.2) is 41.6 Å². The molecular formula is C20H18F2N6O. The van der Waals surface area contributed by atoms with Gasteiger partial charge in [-0.3, -0.25) is 0 Å². The van der Waals surface area contributed by atoms with Crippen LogP contribution in [0.5, 0.6) is 0 Å². The quantitative estimate of drug-likeness (QED) is 0.782. The third kappa shape index (κ3) is 3.87. The first kappa shape index (κ1) is 18.8. The van der Waals surface area contributed by atoms with Gasteiger partial charge in [-0.05, 0) is 29.8 Å². The van der Waals surface area contributed by atoms with E-state index in [0.29, 0.717) is 49.5 Å². The molecule has 0 bridgehead atoms. The Morgan fingerprint density at radius 3 is 2.52 bits per heavy atom. The number of halogens is 2. The minimum absolute atomic E-state index is 0.299. The Bertz CT molecular complexity index is 976. The minimum atomic E-state index is -0.681. The van der Waals surface area contributed by atoms with E-state index in [1.54, 1.807) is 29.4 Å². The van der Waals surface area contributed by atoms with E-state index in [1.165, 1.54) is 17.1 Å². The molecule has 0 spiro atoms. The zero-order valence-electron chi connectivity index (χ0n) is 15.5. The Morgan fingerprint density at radius 1 is 1.10 bits per heavy atom. The number of piperazine rings is 1. The molecule has 0 N–H and O–H groups in total. The van der Waals surface area contributed by atoms with Crippen molar-refractivity contribution in [2.75, 3.05) is 31.1 Å². The molecule has 0 aliphatic carbocycles. The molecule has 2 aliphatic heterocycles. The van der Waals surface area contributed by atoms with Gasteiger partial charge in [-0.25, -0.2) is 23.6 Å². The van der Waals surface area contributed by atoms with Gasteiger partial charge < -0.3 is 9.80 Å². The van der Waals surface area contributed by atoms with Crippen LogP contribution in [-0.4, -0.2) is 53.3 Å². The van der Waals surface area contributed by atoms with E-state index in [1.807, 2.05) is 4.90 Å². The summed E-state index contributed by atoms with van der Waals surface area (Å²) in [6.07, 6.45) is 3.57. The number of hydrogen-bond acceptors (Lipinski definition) is 5. The fourth-order valence-corrected chi connectivity index (χ4v) is 3.58. The molecule has 2 aromatic rings. The molecule has 0 radical (unpaired) electrons. The highest BCUT2D eigenvalue weighted by atomic mass is 19.1. The molecule has 0 unspecified atom stereocenters. The zero-order chi connectivity index (χ0) is 20.4. The van der Waals surface area contributed by atoms with Gasteiger partial charge in [-0.15, -0.1) is 0 Å². The number of benzene rings is 1. The van der Waals surface area contributed by atoms with Crippen molar-refractivity contribution in [1.29, 1.82) is 5.26 Å². The van der Waals surface area contributed by atoms with Crippen LogP contribution < -0.4 is 4.90 Å². The lowest BCUT2D eigenvalue weighted by Crippen LogP contribution is -2.52. The number of nitriles is 1. The van der Waals surface area contributed by atoms with Gasteiger partial charge in [0.25, 0.3) is 0 Å². The maximum atomic E-state index is 13.6. The fourth-order valence-electron chi connectivity index (χ4n) is 3.58. The van der Waals surface area contributed by atoms with Crippen LogP contribution in [-0.2, 0) is 0 Å². The second-order valence-electron chi connectivity index (χ2n) is 6.87. The lowest BCUT2D eigenvalue weighted by atomic mass is 10.0. The summed E-state index contributed by atoms with van der Waals surface area (Å²) in [6.45, 7) is 2.02. The number of amides is 2. The first-order valence-electron chi connectivity index (χ1n) is 9.23. The Labute approximate surface area is 166 Å². The molecular weight excluding hydrogens is 378 g/mol. The van der Waals surface area contributed by atoms with Gasteiger partial charge in [-0.1, -0.05) is 0 Å². The molecule has 1 aromatic carbocycles. The highest BCUT2D eigenvalue weighted by Gasteiger charge is 2.33. The van der Waals surface area contributed by atoms with Crippen LogP contribution in [0.1, 0.15) is 23.6 Å². The highest BCUT2D eigenvalue weighted by molar-refractivity contribution is 5.78. The Morgan fingerprint density at radius 2 is 1.83 bits per heavy atom. The molecule has 4 rings (SSSR count). The molecule has 2 aliphatic rings. The Balaban J connectivity index is 1.43. The van der Waals surface area contributed by atoms with Gasteiger partial charge in [0, 0.05) is 51.1 Å². The molecule has 0 saturated carbocycles. The van der Waals surface area contributed by atoms with Crippen LogP contribution in [0.25, 0.3) is 0 Å². The van der Waals surface area contributed by atoms with Crippen molar-refractivity contribution < 1.29 is 13.6 Å². The van der Waals surface area contributed by atoms with E-state index in [2.05, 4.69) is 16.2 Å². The van der Waals surface area contributed by atoms with Crippen LogP contribution in [0, 0.1) is 23.0 Å². The number of urea groups is 1. The van der Waals surface area contributed by atoms with Crippen molar-refractivity contribution in [2.24, 2.45) is 5.10 Å². The second-order valence-corrected chi connectivity index (χ2v) is 6.87.